The molecular weight excluding hydrogens is 242 g/mol. The first-order valence-electron chi connectivity index (χ1n) is 8.37. The molecule has 114 valence electrons. The van der Waals surface area contributed by atoms with Gasteiger partial charge in [-0.1, -0.05) is 64.3 Å². The third-order valence-corrected chi connectivity index (χ3v) is 3.97. The Kier molecular flexibility index (Phi) is 7.91. The third-order valence-electron chi connectivity index (χ3n) is 3.97. The number of rotatable bonds is 9. The molecule has 0 amide bonds. The number of nitrogens with one attached hydrogen (secondary N) is 1. The Balaban J connectivity index is 2.39. The van der Waals surface area contributed by atoms with E-state index in [2.05, 4.69) is 64.2 Å². The maximum Gasteiger partial charge on any atom is 0.0294 e. The molecule has 0 fully saturated rings. The van der Waals surface area contributed by atoms with E-state index in [4.69, 9.17) is 0 Å². The number of hydrogen-bond donors (Lipinski definition) is 1. The average molecular weight is 275 g/mol. The van der Waals surface area contributed by atoms with Crippen molar-refractivity contribution >= 4 is 0 Å². The van der Waals surface area contributed by atoms with Gasteiger partial charge in [0.25, 0.3) is 0 Å². The minimum Gasteiger partial charge on any atom is -0.308 e. The molecular formula is C19H33N. The molecule has 2 unspecified atom stereocenters. The molecule has 1 rings (SSSR count). The molecule has 0 spiro atoms. The lowest BCUT2D eigenvalue weighted by molar-refractivity contribution is 0.424. The van der Waals surface area contributed by atoms with Crippen molar-refractivity contribution in [3.63, 3.8) is 0 Å². The molecule has 20 heavy (non-hydrogen) atoms. The molecule has 0 saturated carbocycles. The highest BCUT2D eigenvalue weighted by molar-refractivity contribution is 5.24. The van der Waals surface area contributed by atoms with Crippen molar-refractivity contribution in [1.29, 1.82) is 0 Å². The van der Waals surface area contributed by atoms with Crippen molar-refractivity contribution < 1.29 is 0 Å². The number of aryl methyl sites for hydroxylation is 1. The molecule has 0 aliphatic heterocycles. The Morgan fingerprint density at radius 3 is 2.15 bits per heavy atom. The fourth-order valence-electron chi connectivity index (χ4n) is 2.70. The Hall–Kier alpha value is -0.820. The quantitative estimate of drug-likeness (QED) is 0.627. The van der Waals surface area contributed by atoms with Gasteiger partial charge in [0.05, 0.1) is 0 Å². The minimum atomic E-state index is 0.444. The van der Waals surface area contributed by atoms with E-state index in [0.717, 1.165) is 5.92 Å². The van der Waals surface area contributed by atoms with Gasteiger partial charge in [-0.15, -0.1) is 0 Å². The number of benzene rings is 1. The molecule has 0 saturated heterocycles. The van der Waals surface area contributed by atoms with Gasteiger partial charge in [-0.25, -0.2) is 0 Å². The van der Waals surface area contributed by atoms with Gasteiger partial charge >= 0.3 is 0 Å². The van der Waals surface area contributed by atoms with Crippen molar-refractivity contribution in [3.05, 3.63) is 35.4 Å². The summed E-state index contributed by atoms with van der Waals surface area (Å²) in [4.78, 5) is 0. The second-order valence-electron chi connectivity index (χ2n) is 6.61. The van der Waals surface area contributed by atoms with Crippen LogP contribution in [0.2, 0.25) is 0 Å². The maximum absolute atomic E-state index is 3.72. The molecule has 0 aromatic heterocycles. The predicted octanol–water partition coefficient (Wildman–Crippen LogP) is 5.50. The summed E-state index contributed by atoms with van der Waals surface area (Å²) in [7, 11) is 0. The lowest BCUT2D eigenvalue weighted by atomic mass is 10.0. The molecule has 0 bridgehead atoms. The van der Waals surface area contributed by atoms with Crippen LogP contribution < -0.4 is 5.32 Å². The van der Waals surface area contributed by atoms with Crippen molar-refractivity contribution in [3.8, 4) is 0 Å². The van der Waals surface area contributed by atoms with Crippen LogP contribution in [0, 0.1) is 5.92 Å². The van der Waals surface area contributed by atoms with Crippen molar-refractivity contribution in [2.24, 2.45) is 5.92 Å². The summed E-state index contributed by atoms with van der Waals surface area (Å²) in [5.41, 5.74) is 2.86. The smallest absolute Gasteiger partial charge is 0.0294 e. The zero-order valence-corrected chi connectivity index (χ0v) is 14.1. The highest BCUT2D eigenvalue weighted by Gasteiger charge is 2.09. The van der Waals surface area contributed by atoms with Crippen LogP contribution in [0.1, 0.15) is 77.5 Å². The summed E-state index contributed by atoms with van der Waals surface area (Å²) in [6, 6.07) is 10.2. The van der Waals surface area contributed by atoms with E-state index in [1.807, 2.05) is 0 Å². The van der Waals surface area contributed by atoms with Crippen LogP contribution in [0.15, 0.2) is 24.3 Å². The van der Waals surface area contributed by atoms with E-state index in [9.17, 15) is 0 Å². The van der Waals surface area contributed by atoms with Gasteiger partial charge in [0, 0.05) is 12.1 Å². The van der Waals surface area contributed by atoms with E-state index in [-0.39, 0.29) is 0 Å². The van der Waals surface area contributed by atoms with Crippen LogP contribution in [0.3, 0.4) is 0 Å². The molecule has 1 N–H and O–H groups in total. The average Bonchev–Trinajstić information content (AvgIpc) is 2.39. The van der Waals surface area contributed by atoms with Gasteiger partial charge in [-0.05, 0) is 43.7 Å². The first kappa shape index (κ1) is 17.2. The molecule has 0 heterocycles. The van der Waals surface area contributed by atoms with E-state index in [1.165, 1.54) is 43.2 Å². The minimum absolute atomic E-state index is 0.444. The van der Waals surface area contributed by atoms with Gasteiger partial charge in [-0.3, -0.25) is 0 Å². The molecule has 0 radical (unpaired) electrons. The first-order valence-corrected chi connectivity index (χ1v) is 8.37. The highest BCUT2D eigenvalue weighted by Crippen LogP contribution is 2.16. The Labute approximate surface area is 126 Å². The lowest BCUT2D eigenvalue weighted by Gasteiger charge is -2.21. The SMILES string of the molecule is CCCc1ccc(C(C)NC(C)CCCC(C)C)cc1. The summed E-state index contributed by atoms with van der Waals surface area (Å²) in [6.45, 7) is 11.4. The molecule has 0 aliphatic carbocycles. The van der Waals surface area contributed by atoms with E-state index < -0.39 is 0 Å². The number of hydrogen-bond acceptors (Lipinski definition) is 1. The van der Waals surface area contributed by atoms with Gasteiger partial charge in [-0.2, -0.15) is 0 Å². The molecule has 2 atom stereocenters. The van der Waals surface area contributed by atoms with Gasteiger partial charge in [0.2, 0.25) is 0 Å². The van der Waals surface area contributed by atoms with Crippen LogP contribution in [0.4, 0.5) is 0 Å². The van der Waals surface area contributed by atoms with Crippen LogP contribution in [0.25, 0.3) is 0 Å². The predicted molar refractivity (Wildman–Crippen MR) is 90.1 cm³/mol. The monoisotopic (exact) mass is 275 g/mol. The van der Waals surface area contributed by atoms with Crippen molar-refractivity contribution in [1.82, 2.24) is 5.32 Å². The zero-order valence-electron chi connectivity index (χ0n) is 14.1. The summed E-state index contributed by atoms with van der Waals surface area (Å²) in [5, 5.41) is 3.72. The Morgan fingerprint density at radius 1 is 0.950 bits per heavy atom. The summed E-state index contributed by atoms with van der Waals surface area (Å²) >= 11 is 0. The topological polar surface area (TPSA) is 12.0 Å². The Bertz CT molecular complexity index is 353. The lowest BCUT2D eigenvalue weighted by Crippen LogP contribution is -2.28. The van der Waals surface area contributed by atoms with Crippen LogP contribution in [0.5, 0.6) is 0 Å². The van der Waals surface area contributed by atoms with Gasteiger partial charge in [0.1, 0.15) is 0 Å². The Morgan fingerprint density at radius 2 is 1.60 bits per heavy atom. The largest absolute Gasteiger partial charge is 0.308 e. The van der Waals surface area contributed by atoms with E-state index in [0.29, 0.717) is 12.1 Å². The van der Waals surface area contributed by atoms with Gasteiger partial charge < -0.3 is 5.32 Å². The van der Waals surface area contributed by atoms with Crippen molar-refractivity contribution in [2.45, 2.75) is 78.8 Å². The van der Waals surface area contributed by atoms with Crippen molar-refractivity contribution in [2.75, 3.05) is 0 Å². The summed E-state index contributed by atoms with van der Waals surface area (Å²) in [5.74, 6) is 0.825. The summed E-state index contributed by atoms with van der Waals surface area (Å²) in [6.07, 6.45) is 6.35. The first-order chi connectivity index (χ1) is 9.52. The van der Waals surface area contributed by atoms with E-state index >= 15 is 0 Å². The summed E-state index contributed by atoms with van der Waals surface area (Å²) < 4.78 is 0. The standard InChI is InChI=1S/C19H33N/c1-6-8-18-11-13-19(14-12-18)17(5)20-16(4)10-7-9-15(2)3/h11-17,20H,6-10H2,1-5H3. The fraction of sp³-hybridized carbons (Fsp3) is 0.684. The second-order valence-corrected chi connectivity index (χ2v) is 6.61. The maximum atomic E-state index is 3.72. The second kappa shape index (κ2) is 9.18. The van der Waals surface area contributed by atoms with Gasteiger partial charge in [0.15, 0.2) is 0 Å². The van der Waals surface area contributed by atoms with E-state index in [1.54, 1.807) is 0 Å². The van der Waals surface area contributed by atoms with Crippen LogP contribution >= 0.6 is 0 Å². The molecule has 1 aromatic carbocycles. The third kappa shape index (κ3) is 6.56. The molecule has 1 heteroatoms. The molecule has 1 aromatic rings. The zero-order chi connectivity index (χ0) is 15.0. The van der Waals surface area contributed by atoms with Crippen LogP contribution in [-0.2, 0) is 6.42 Å². The highest BCUT2D eigenvalue weighted by atomic mass is 14.9. The molecule has 0 aliphatic rings. The molecule has 1 nitrogen and oxygen atoms in total. The fourth-order valence-corrected chi connectivity index (χ4v) is 2.70. The normalized spacial score (nSPS) is 14.5. The van der Waals surface area contributed by atoms with Crippen LogP contribution in [-0.4, -0.2) is 6.04 Å².